The molecule has 4 rings (SSSR count). The first kappa shape index (κ1) is 20.1. The Morgan fingerprint density at radius 2 is 1.80 bits per heavy atom. The third kappa shape index (κ3) is 4.85. The van der Waals surface area contributed by atoms with Gasteiger partial charge in [-0.3, -0.25) is 4.79 Å². The zero-order valence-corrected chi connectivity index (χ0v) is 17.3. The summed E-state index contributed by atoms with van der Waals surface area (Å²) in [5.74, 6) is 1.31. The molecule has 2 heterocycles. The Hall–Kier alpha value is -3.21. The van der Waals surface area contributed by atoms with Gasteiger partial charge in [-0.25, -0.2) is 0 Å². The SMILES string of the molecule is C[C@@H](CCc1ccccc1)N(Cc1ccoc1)C(=O)c1ccc2c(c1)OCCCO2. The predicted octanol–water partition coefficient (Wildman–Crippen LogP) is 5.10. The van der Waals surface area contributed by atoms with E-state index in [0.29, 0.717) is 36.8 Å². The van der Waals surface area contributed by atoms with Crippen molar-refractivity contribution >= 4 is 5.91 Å². The summed E-state index contributed by atoms with van der Waals surface area (Å²) in [6, 6.07) is 17.8. The molecule has 0 N–H and O–H groups in total. The van der Waals surface area contributed by atoms with Gasteiger partial charge in [0.1, 0.15) is 0 Å². The molecule has 30 heavy (non-hydrogen) atoms. The number of nitrogens with zero attached hydrogens (tertiary/aromatic N) is 1. The van der Waals surface area contributed by atoms with E-state index in [1.54, 1.807) is 18.6 Å². The lowest BCUT2D eigenvalue weighted by Crippen LogP contribution is -2.38. The normalized spacial score (nSPS) is 14.0. The molecular formula is C25H27NO4. The van der Waals surface area contributed by atoms with Crippen molar-refractivity contribution in [1.82, 2.24) is 4.90 Å². The van der Waals surface area contributed by atoms with Crippen molar-refractivity contribution in [2.45, 2.75) is 38.8 Å². The standard InChI is InChI=1S/C25H27NO4/c1-19(8-9-20-6-3-2-4-7-20)26(17-21-12-15-28-18-21)25(27)22-10-11-23-24(16-22)30-14-5-13-29-23/h2-4,6-7,10-12,15-16,18-19H,5,8-9,13-14,17H2,1H3/t19-/m0/s1. The summed E-state index contributed by atoms with van der Waals surface area (Å²) >= 11 is 0. The molecule has 0 aliphatic carbocycles. The lowest BCUT2D eigenvalue weighted by atomic mass is 10.0. The number of amides is 1. The van der Waals surface area contributed by atoms with Crippen LogP contribution in [0.4, 0.5) is 0 Å². The van der Waals surface area contributed by atoms with Crippen molar-refractivity contribution in [1.29, 1.82) is 0 Å². The van der Waals surface area contributed by atoms with Gasteiger partial charge in [-0.1, -0.05) is 30.3 Å². The number of hydrogen-bond donors (Lipinski definition) is 0. The monoisotopic (exact) mass is 405 g/mol. The molecule has 1 aliphatic heterocycles. The van der Waals surface area contributed by atoms with Gasteiger partial charge in [0.25, 0.3) is 5.91 Å². The molecule has 0 spiro atoms. The predicted molar refractivity (Wildman–Crippen MR) is 115 cm³/mol. The second kappa shape index (κ2) is 9.53. The molecule has 1 amide bonds. The van der Waals surface area contributed by atoms with Crippen LogP contribution in [-0.2, 0) is 13.0 Å². The van der Waals surface area contributed by atoms with Crippen LogP contribution in [0.2, 0.25) is 0 Å². The van der Waals surface area contributed by atoms with E-state index >= 15 is 0 Å². The minimum atomic E-state index is -0.0209. The van der Waals surface area contributed by atoms with Gasteiger partial charge in [-0.2, -0.15) is 0 Å². The maximum Gasteiger partial charge on any atom is 0.254 e. The lowest BCUT2D eigenvalue weighted by Gasteiger charge is -2.29. The fourth-order valence-electron chi connectivity index (χ4n) is 3.65. The molecule has 0 bridgehead atoms. The third-order valence-electron chi connectivity index (χ3n) is 5.41. The molecule has 3 aromatic rings. The van der Waals surface area contributed by atoms with Crippen molar-refractivity contribution in [3.05, 3.63) is 83.8 Å². The van der Waals surface area contributed by atoms with Crippen molar-refractivity contribution in [2.75, 3.05) is 13.2 Å². The second-order valence-corrected chi connectivity index (χ2v) is 7.65. The van der Waals surface area contributed by atoms with Crippen molar-refractivity contribution in [3.63, 3.8) is 0 Å². The number of aryl methyl sites for hydroxylation is 1. The van der Waals surface area contributed by atoms with Gasteiger partial charge in [0.15, 0.2) is 11.5 Å². The first-order chi connectivity index (χ1) is 14.7. The minimum absolute atomic E-state index is 0.0209. The molecule has 0 saturated carbocycles. The Bertz CT molecular complexity index is 953. The Balaban J connectivity index is 1.54. The molecule has 0 unspecified atom stereocenters. The number of carbonyl (C=O) groups excluding carboxylic acids is 1. The third-order valence-corrected chi connectivity index (χ3v) is 5.41. The largest absolute Gasteiger partial charge is 0.490 e. The fraction of sp³-hybridized carbons (Fsp3) is 0.320. The minimum Gasteiger partial charge on any atom is -0.490 e. The highest BCUT2D eigenvalue weighted by atomic mass is 16.5. The van der Waals surface area contributed by atoms with E-state index < -0.39 is 0 Å². The summed E-state index contributed by atoms with van der Waals surface area (Å²) in [5, 5.41) is 0. The second-order valence-electron chi connectivity index (χ2n) is 7.65. The first-order valence-electron chi connectivity index (χ1n) is 10.5. The van der Waals surface area contributed by atoms with Gasteiger partial charge in [0.2, 0.25) is 0 Å². The van der Waals surface area contributed by atoms with Crippen molar-refractivity contribution in [3.8, 4) is 11.5 Å². The number of furan rings is 1. The number of carbonyl (C=O) groups is 1. The van der Waals surface area contributed by atoms with E-state index in [9.17, 15) is 4.79 Å². The van der Waals surface area contributed by atoms with E-state index in [0.717, 1.165) is 24.8 Å². The van der Waals surface area contributed by atoms with Crippen LogP contribution in [-0.4, -0.2) is 30.1 Å². The molecule has 1 aliphatic rings. The quantitative estimate of drug-likeness (QED) is 0.548. The highest BCUT2D eigenvalue weighted by Crippen LogP contribution is 2.31. The highest BCUT2D eigenvalue weighted by molar-refractivity contribution is 5.95. The Kier molecular flexibility index (Phi) is 6.38. The Morgan fingerprint density at radius 1 is 1.00 bits per heavy atom. The maximum atomic E-state index is 13.5. The van der Waals surface area contributed by atoms with Gasteiger partial charge in [-0.05, 0) is 49.6 Å². The zero-order chi connectivity index (χ0) is 20.8. The van der Waals surface area contributed by atoms with Gasteiger partial charge < -0.3 is 18.8 Å². The van der Waals surface area contributed by atoms with Gasteiger partial charge in [-0.15, -0.1) is 0 Å². The zero-order valence-electron chi connectivity index (χ0n) is 17.3. The van der Waals surface area contributed by atoms with Crippen LogP contribution >= 0.6 is 0 Å². The van der Waals surface area contributed by atoms with E-state index in [2.05, 4.69) is 19.1 Å². The van der Waals surface area contributed by atoms with Crippen LogP contribution in [0.25, 0.3) is 0 Å². The lowest BCUT2D eigenvalue weighted by molar-refractivity contribution is 0.0666. The van der Waals surface area contributed by atoms with Crippen molar-refractivity contribution < 1.29 is 18.7 Å². The summed E-state index contributed by atoms with van der Waals surface area (Å²) < 4.78 is 16.7. The molecule has 2 aromatic carbocycles. The topological polar surface area (TPSA) is 51.9 Å². The maximum absolute atomic E-state index is 13.5. The summed E-state index contributed by atoms with van der Waals surface area (Å²) in [4.78, 5) is 15.4. The van der Waals surface area contributed by atoms with Crippen LogP contribution in [0.3, 0.4) is 0 Å². The fourth-order valence-corrected chi connectivity index (χ4v) is 3.65. The molecule has 1 atom stereocenters. The molecule has 5 nitrogen and oxygen atoms in total. The number of benzene rings is 2. The molecule has 156 valence electrons. The van der Waals surface area contributed by atoms with Gasteiger partial charge in [0.05, 0.1) is 25.7 Å². The van der Waals surface area contributed by atoms with E-state index in [1.807, 2.05) is 41.3 Å². The molecule has 0 fully saturated rings. The molecule has 5 heteroatoms. The van der Waals surface area contributed by atoms with Crippen LogP contribution in [0.15, 0.2) is 71.5 Å². The molecular weight excluding hydrogens is 378 g/mol. The smallest absolute Gasteiger partial charge is 0.254 e. The average Bonchev–Trinajstić information content (AvgIpc) is 3.19. The van der Waals surface area contributed by atoms with Crippen LogP contribution in [0.1, 0.15) is 41.3 Å². The summed E-state index contributed by atoms with van der Waals surface area (Å²) in [5.41, 5.74) is 2.86. The molecule has 0 saturated heterocycles. The number of hydrogen-bond acceptors (Lipinski definition) is 4. The highest BCUT2D eigenvalue weighted by Gasteiger charge is 2.24. The Morgan fingerprint density at radius 3 is 2.57 bits per heavy atom. The van der Waals surface area contributed by atoms with E-state index in [1.165, 1.54) is 5.56 Å². The summed E-state index contributed by atoms with van der Waals surface area (Å²) in [6.07, 6.45) is 5.95. The number of ether oxygens (including phenoxy) is 2. The number of rotatable bonds is 7. The number of fused-ring (bicyclic) bond motifs is 1. The van der Waals surface area contributed by atoms with Crippen LogP contribution in [0.5, 0.6) is 11.5 Å². The molecule has 0 radical (unpaired) electrons. The molecule has 1 aromatic heterocycles. The first-order valence-corrected chi connectivity index (χ1v) is 10.5. The van der Waals surface area contributed by atoms with Gasteiger partial charge >= 0.3 is 0 Å². The van der Waals surface area contributed by atoms with Crippen LogP contribution < -0.4 is 9.47 Å². The van der Waals surface area contributed by atoms with Crippen LogP contribution in [0, 0.1) is 0 Å². The van der Waals surface area contributed by atoms with E-state index in [-0.39, 0.29) is 11.9 Å². The van der Waals surface area contributed by atoms with Gasteiger partial charge in [0, 0.05) is 30.1 Å². The summed E-state index contributed by atoms with van der Waals surface area (Å²) in [6.45, 7) is 3.82. The average molecular weight is 405 g/mol. The van der Waals surface area contributed by atoms with Crippen molar-refractivity contribution in [2.24, 2.45) is 0 Å². The summed E-state index contributed by atoms with van der Waals surface area (Å²) in [7, 11) is 0. The van der Waals surface area contributed by atoms with E-state index in [4.69, 9.17) is 13.9 Å². The Labute approximate surface area is 177 Å².